The van der Waals surface area contributed by atoms with Gasteiger partial charge in [0.25, 0.3) is 5.91 Å². The maximum Gasteiger partial charge on any atom is 0.251 e. The molecule has 0 radical (unpaired) electrons. The molecule has 0 aromatic heterocycles. The van der Waals surface area contributed by atoms with Gasteiger partial charge in [-0.2, -0.15) is 0 Å². The molecular formula is C29H32N4O4. The topological polar surface area (TPSA) is 109 Å². The predicted molar refractivity (Wildman–Crippen MR) is 145 cm³/mol. The average Bonchev–Trinajstić information content (AvgIpc) is 3.45. The van der Waals surface area contributed by atoms with Crippen molar-refractivity contribution in [3.8, 4) is 0 Å². The van der Waals surface area contributed by atoms with Gasteiger partial charge >= 0.3 is 0 Å². The van der Waals surface area contributed by atoms with Crippen LogP contribution in [0.1, 0.15) is 35.2 Å². The van der Waals surface area contributed by atoms with Crippen LogP contribution in [0.4, 0.5) is 17.1 Å². The number of hydrogen-bond acceptors (Lipinski definition) is 5. The molecule has 3 aromatic carbocycles. The van der Waals surface area contributed by atoms with Crippen LogP contribution in [0, 0.1) is 0 Å². The second kappa shape index (κ2) is 13.2. The number of rotatable bonds is 11. The molecule has 1 saturated heterocycles. The van der Waals surface area contributed by atoms with E-state index in [0.717, 1.165) is 30.7 Å². The fourth-order valence-electron chi connectivity index (χ4n) is 4.00. The number of nitrogens with one attached hydrogen (secondary N) is 4. The lowest BCUT2D eigenvalue weighted by atomic mass is 10.1. The van der Waals surface area contributed by atoms with Crippen molar-refractivity contribution in [3.63, 3.8) is 0 Å². The van der Waals surface area contributed by atoms with E-state index in [0.29, 0.717) is 36.3 Å². The Morgan fingerprint density at radius 2 is 1.43 bits per heavy atom. The number of carbonyl (C=O) groups excluding carboxylic acids is 3. The Bertz CT molecular complexity index is 1170. The van der Waals surface area contributed by atoms with Crippen molar-refractivity contribution >= 4 is 34.8 Å². The molecule has 1 aliphatic rings. The van der Waals surface area contributed by atoms with Gasteiger partial charge in [-0.25, -0.2) is 0 Å². The number of ether oxygens (including phenoxy) is 1. The molecule has 1 aliphatic heterocycles. The van der Waals surface area contributed by atoms with Crippen LogP contribution < -0.4 is 21.3 Å². The van der Waals surface area contributed by atoms with Crippen molar-refractivity contribution in [1.29, 1.82) is 0 Å². The molecule has 0 spiro atoms. The first kappa shape index (κ1) is 25.9. The maximum atomic E-state index is 12.3. The van der Waals surface area contributed by atoms with Gasteiger partial charge in [0.15, 0.2) is 0 Å². The normalized spacial score (nSPS) is 14.5. The second-order valence-electron chi connectivity index (χ2n) is 8.94. The number of hydrogen-bond donors (Lipinski definition) is 4. The van der Waals surface area contributed by atoms with Crippen LogP contribution in [0.15, 0.2) is 78.9 Å². The first-order chi connectivity index (χ1) is 18.0. The monoisotopic (exact) mass is 500 g/mol. The minimum atomic E-state index is -0.210. The van der Waals surface area contributed by atoms with Gasteiger partial charge in [-0.05, 0) is 73.4 Å². The first-order valence-electron chi connectivity index (χ1n) is 12.5. The Balaban J connectivity index is 1.16. The lowest BCUT2D eigenvalue weighted by Crippen LogP contribution is -2.31. The Labute approximate surface area is 216 Å². The zero-order valence-electron chi connectivity index (χ0n) is 20.7. The van der Waals surface area contributed by atoms with Crippen LogP contribution in [-0.4, -0.2) is 43.5 Å². The van der Waals surface area contributed by atoms with Crippen LogP contribution in [0.5, 0.6) is 0 Å². The van der Waals surface area contributed by atoms with E-state index in [2.05, 4.69) is 21.3 Å². The summed E-state index contributed by atoms with van der Waals surface area (Å²) in [6.45, 7) is 1.34. The van der Waals surface area contributed by atoms with Gasteiger partial charge in [-0.3, -0.25) is 14.4 Å². The van der Waals surface area contributed by atoms with E-state index in [4.69, 9.17) is 4.74 Å². The molecule has 1 fully saturated rings. The number of aryl methyl sites for hydroxylation is 1. The SMILES string of the molecule is O=C(CCc1ccccc1)Nc1ccc(NC(=O)CNc2ccc(C(=O)NCC3CCCO3)cc2)cc1. The Morgan fingerprint density at radius 3 is 2.08 bits per heavy atom. The van der Waals surface area contributed by atoms with E-state index in [1.807, 2.05) is 30.3 Å². The van der Waals surface area contributed by atoms with E-state index < -0.39 is 0 Å². The van der Waals surface area contributed by atoms with E-state index >= 15 is 0 Å². The molecule has 8 heteroatoms. The summed E-state index contributed by atoms with van der Waals surface area (Å²) in [5.74, 6) is -0.412. The molecule has 3 aromatic rings. The second-order valence-corrected chi connectivity index (χ2v) is 8.94. The quantitative estimate of drug-likeness (QED) is 0.315. The summed E-state index contributed by atoms with van der Waals surface area (Å²) in [6, 6.07) is 23.9. The van der Waals surface area contributed by atoms with Crippen LogP contribution in [0.2, 0.25) is 0 Å². The summed E-state index contributed by atoms with van der Waals surface area (Å²) >= 11 is 0. The van der Waals surface area contributed by atoms with Gasteiger partial charge in [0.05, 0.1) is 12.6 Å². The third-order valence-corrected chi connectivity index (χ3v) is 6.05. The molecule has 0 aliphatic carbocycles. The summed E-state index contributed by atoms with van der Waals surface area (Å²) in [6.07, 6.45) is 3.19. The number of amides is 3. The molecule has 8 nitrogen and oxygen atoms in total. The van der Waals surface area contributed by atoms with Gasteiger partial charge < -0.3 is 26.0 Å². The predicted octanol–water partition coefficient (Wildman–Crippen LogP) is 4.22. The summed E-state index contributed by atoms with van der Waals surface area (Å²) in [4.78, 5) is 36.8. The van der Waals surface area contributed by atoms with Crippen molar-refractivity contribution in [2.75, 3.05) is 35.6 Å². The Hall–Kier alpha value is -4.17. The van der Waals surface area contributed by atoms with Crippen LogP contribution in [-0.2, 0) is 20.7 Å². The zero-order chi connectivity index (χ0) is 25.9. The molecule has 0 bridgehead atoms. The summed E-state index contributed by atoms with van der Waals surface area (Å²) in [5.41, 5.74) is 3.72. The fourth-order valence-corrected chi connectivity index (χ4v) is 4.00. The average molecular weight is 501 g/mol. The lowest BCUT2D eigenvalue weighted by molar-refractivity contribution is -0.116. The molecular weight excluding hydrogens is 468 g/mol. The van der Waals surface area contributed by atoms with E-state index in [1.54, 1.807) is 48.5 Å². The van der Waals surface area contributed by atoms with Gasteiger partial charge in [-0.1, -0.05) is 30.3 Å². The van der Waals surface area contributed by atoms with Gasteiger partial charge in [0, 0.05) is 42.2 Å². The molecule has 37 heavy (non-hydrogen) atoms. The summed E-state index contributed by atoms with van der Waals surface area (Å²) < 4.78 is 5.52. The van der Waals surface area contributed by atoms with Gasteiger partial charge in [0.1, 0.15) is 0 Å². The molecule has 192 valence electrons. The van der Waals surface area contributed by atoms with Crippen LogP contribution in [0.3, 0.4) is 0 Å². The Morgan fingerprint density at radius 1 is 0.784 bits per heavy atom. The zero-order valence-corrected chi connectivity index (χ0v) is 20.7. The van der Waals surface area contributed by atoms with Crippen molar-refractivity contribution in [2.45, 2.75) is 31.8 Å². The number of anilines is 3. The molecule has 1 atom stereocenters. The van der Waals surface area contributed by atoms with Crippen molar-refractivity contribution in [1.82, 2.24) is 5.32 Å². The summed E-state index contributed by atoms with van der Waals surface area (Å²) in [5, 5.41) is 11.6. The highest BCUT2D eigenvalue weighted by atomic mass is 16.5. The third kappa shape index (κ3) is 8.47. The van der Waals surface area contributed by atoms with E-state index in [-0.39, 0.29) is 30.4 Å². The molecule has 1 heterocycles. The smallest absolute Gasteiger partial charge is 0.251 e. The van der Waals surface area contributed by atoms with Crippen LogP contribution in [0.25, 0.3) is 0 Å². The molecule has 4 N–H and O–H groups in total. The molecule has 0 saturated carbocycles. The first-order valence-corrected chi connectivity index (χ1v) is 12.5. The molecule has 1 unspecified atom stereocenters. The minimum Gasteiger partial charge on any atom is -0.376 e. The standard InChI is InChI=1S/C29H32N4O4/c34-27(17-8-21-5-2-1-3-6-21)32-24-13-15-25(16-14-24)33-28(35)20-30-23-11-9-22(10-12-23)29(36)31-19-26-7-4-18-37-26/h1-3,5-6,9-16,26,30H,4,7-8,17-20H2,(H,31,36)(H,32,34)(H,33,35). The molecule has 3 amide bonds. The minimum absolute atomic E-state index is 0.0591. The number of carbonyl (C=O) groups is 3. The summed E-state index contributed by atoms with van der Waals surface area (Å²) in [7, 11) is 0. The molecule has 4 rings (SSSR count). The van der Waals surface area contributed by atoms with E-state index in [1.165, 1.54) is 0 Å². The lowest BCUT2D eigenvalue weighted by Gasteiger charge is -2.11. The van der Waals surface area contributed by atoms with E-state index in [9.17, 15) is 14.4 Å². The van der Waals surface area contributed by atoms with Crippen molar-refractivity contribution in [3.05, 3.63) is 90.0 Å². The largest absolute Gasteiger partial charge is 0.376 e. The highest BCUT2D eigenvalue weighted by Gasteiger charge is 2.16. The third-order valence-electron chi connectivity index (χ3n) is 6.05. The number of benzene rings is 3. The van der Waals surface area contributed by atoms with Gasteiger partial charge in [0.2, 0.25) is 11.8 Å². The highest BCUT2D eigenvalue weighted by molar-refractivity contribution is 5.96. The fraction of sp³-hybridized carbons (Fsp3) is 0.276. The van der Waals surface area contributed by atoms with Crippen molar-refractivity contribution in [2.24, 2.45) is 0 Å². The van der Waals surface area contributed by atoms with Gasteiger partial charge in [-0.15, -0.1) is 0 Å². The van der Waals surface area contributed by atoms with Crippen LogP contribution >= 0.6 is 0 Å². The van der Waals surface area contributed by atoms with Crippen molar-refractivity contribution < 1.29 is 19.1 Å². The Kier molecular flexibility index (Phi) is 9.26. The highest BCUT2D eigenvalue weighted by Crippen LogP contribution is 2.15. The maximum absolute atomic E-state index is 12.3.